The smallest absolute Gasteiger partial charge is 0.0109 e. The first kappa shape index (κ1) is 14.1. The van der Waals surface area contributed by atoms with Crippen LogP contribution in [-0.4, -0.2) is 0 Å². The Morgan fingerprint density at radius 3 is 2.15 bits per heavy atom. The van der Waals surface area contributed by atoms with Crippen LogP contribution in [0.4, 0.5) is 0 Å². The maximum absolute atomic E-state index is 2.18. The van der Waals surface area contributed by atoms with Gasteiger partial charge in [0.05, 0.1) is 0 Å². The fourth-order valence-electron chi connectivity index (χ4n) is 2.16. The summed E-state index contributed by atoms with van der Waals surface area (Å²) in [4.78, 5) is 0. The van der Waals surface area contributed by atoms with Crippen molar-refractivity contribution in [3.8, 4) is 0 Å². The van der Waals surface area contributed by atoms with E-state index in [0.717, 1.165) is 0 Å². The molecule has 100 valence electrons. The zero-order valence-electron chi connectivity index (χ0n) is 12.1. The van der Waals surface area contributed by atoms with E-state index in [2.05, 4.69) is 85.8 Å². The van der Waals surface area contributed by atoms with Gasteiger partial charge >= 0.3 is 0 Å². The van der Waals surface area contributed by atoms with E-state index in [1.165, 1.54) is 21.9 Å². The number of fused-ring (bicyclic) bond motifs is 1. The SMILES string of the molecule is CC=CC=C(C)c1cccccccc2ccccc12. The van der Waals surface area contributed by atoms with E-state index in [1.54, 1.807) is 0 Å². The van der Waals surface area contributed by atoms with Gasteiger partial charge in [0.25, 0.3) is 0 Å². The molecule has 2 aromatic rings. The van der Waals surface area contributed by atoms with Gasteiger partial charge in [0.2, 0.25) is 0 Å². The molecule has 0 nitrogen and oxygen atoms in total. The Bertz CT molecular complexity index is 688. The lowest BCUT2D eigenvalue weighted by Gasteiger charge is -2.04. The van der Waals surface area contributed by atoms with Crippen molar-refractivity contribution in [3.05, 3.63) is 90.5 Å². The van der Waals surface area contributed by atoms with Gasteiger partial charge in [-0.15, -0.1) is 0 Å². The van der Waals surface area contributed by atoms with Crippen molar-refractivity contribution in [3.63, 3.8) is 0 Å². The summed E-state index contributed by atoms with van der Waals surface area (Å²) in [5.74, 6) is 0. The number of hydrogen-bond donors (Lipinski definition) is 0. The Labute approximate surface area is 121 Å². The average molecular weight is 260 g/mol. The van der Waals surface area contributed by atoms with Crippen LogP contribution in [0.25, 0.3) is 16.3 Å². The van der Waals surface area contributed by atoms with Gasteiger partial charge in [0.1, 0.15) is 0 Å². The van der Waals surface area contributed by atoms with Crippen molar-refractivity contribution in [2.24, 2.45) is 0 Å². The van der Waals surface area contributed by atoms with Crippen LogP contribution in [0.15, 0.2) is 85.0 Å². The van der Waals surface area contributed by atoms with E-state index in [9.17, 15) is 0 Å². The Balaban J connectivity index is 2.81. The molecule has 0 N–H and O–H groups in total. The Morgan fingerprint density at radius 2 is 1.40 bits per heavy atom. The predicted octanol–water partition coefficient (Wildman–Crippen LogP) is 5.94. The van der Waals surface area contributed by atoms with Gasteiger partial charge in [-0.25, -0.2) is 0 Å². The lowest BCUT2D eigenvalue weighted by molar-refractivity contribution is 1.61. The van der Waals surface area contributed by atoms with Crippen LogP contribution in [0, 0.1) is 0 Å². The summed E-state index contributed by atoms with van der Waals surface area (Å²) in [6, 6.07) is 23.2. The molecule has 2 aromatic carbocycles. The molecule has 0 heterocycles. The predicted molar refractivity (Wildman–Crippen MR) is 90.0 cm³/mol. The molecule has 0 saturated carbocycles. The highest BCUT2D eigenvalue weighted by molar-refractivity contribution is 5.92. The molecule has 0 unspecified atom stereocenters. The van der Waals surface area contributed by atoms with Crippen LogP contribution in [0.1, 0.15) is 19.4 Å². The highest BCUT2D eigenvalue weighted by Crippen LogP contribution is 2.22. The minimum absolute atomic E-state index is 1.24. The molecule has 0 heteroatoms. The quantitative estimate of drug-likeness (QED) is 0.586. The molecule has 0 aliphatic carbocycles. The molecule has 20 heavy (non-hydrogen) atoms. The first-order valence-corrected chi connectivity index (χ1v) is 6.94. The van der Waals surface area contributed by atoms with Crippen LogP contribution < -0.4 is 0 Å². The first-order chi connectivity index (χ1) is 9.83. The molecule has 0 amide bonds. The van der Waals surface area contributed by atoms with E-state index in [4.69, 9.17) is 0 Å². The molecule has 0 radical (unpaired) electrons. The fourth-order valence-corrected chi connectivity index (χ4v) is 2.16. The van der Waals surface area contributed by atoms with E-state index >= 15 is 0 Å². The van der Waals surface area contributed by atoms with Gasteiger partial charge in [-0.05, 0) is 35.8 Å². The number of benzene rings is 1. The van der Waals surface area contributed by atoms with Crippen molar-refractivity contribution in [1.82, 2.24) is 0 Å². The van der Waals surface area contributed by atoms with Crippen LogP contribution in [0.3, 0.4) is 0 Å². The van der Waals surface area contributed by atoms with Crippen molar-refractivity contribution < 1.29 is 0 Å². The molecule has 0 saturated heterocycles. The van der Waals surface area contributed by atoms with E-state index in [0.29, 0.717) is 0 Å². The van der Waals surface area contributed by atoms with Gasteiger partial charge in [-0.1, -0.05) is 85.0 Å². The largest absolute Gasteiger partial charge is 0.0877 e. The number of rotatable bonds is 2. The summed E-state index contributed by atoms with van der Waals surface area (Å²) in [6.45, 7) is 4.19. The zero-order valence-corrected chi connectivity index (χ0v) is 12.1. The second-order valence-electron chi connectivity index (χ2n) is 4.67. The van der Waals surface area contributed by atoms with Crippen molar-refractivity contribution in [1.29, 1.82) is 0 Å². The third kappa shape index (κ3) is 3.58. The molecule has 0 aromatic heterocycles. The van der Waals surface area contributed by atoms with Gasteiger partial charge in [0, 0.05) is 0 Å². The fraction of sp³-hybridized carbons (Fsp3) is 0.100. The second kappa shape index (κ2) is 7.30. The molecular weight excluding hydrogens is 240 g/mol. The molecule has 0 spiro atoms. The Kier molecular flexibility index (Phi) is 5.14. The molecule has 2 rings (SSSR count). The summed E-state index contributed by atoms with van der Waals surface area (Å²) in [5, 5.41) is 2.51. The minimum atomic E-state index is 1.24. The third-order valence-electron chi connectivity index (χ3n) is 3.20. The van der Waals surface area contributed by atoms with Crippen molar-refractivity contribution >= 4 is 16.3 Å². The summed E-state index contributed by atoms with van der Waals surface area (Å²) < 4.78 is 0. The van der Waals surface area contributed by atoms with Crippen LogP contribution >= 0.6 is 0 Å². The van der Waals surface area contributed by atoms with Gasteiger partial charge in [-0.3, -0.25) is 0 Å². The maximum Gasteiger partial charge on any atom is -0.0109 e. The third-order valence-corrected chi connectivity index (χ3v) is 3.20. The van der Waals surface area contributed by atoms with Gasteiger partial charge < -0.3 is 0 Å². The Hall–Kier alpha value is -2.34. The van der Waals surface area contributed by atoms with Crippen molar-refractivity contribution in [2.45, 2.75) is 13.8 Å². The van der Waals surface area contributed by atoms with Gasteiger partial charge in [-0.2, -0.15) is 0 Å². The maximum atomic E-state index is 2.18. The molecule has 0 aliphatic heterocycles. The Morgan fingerprint density at radius 1 is 0.800 bits per heavy atom. The molecule has 0 atom stereocenters. The van der Waals surface area contributed by atoms with E-state index in [1.807, 2.05) is 13.0 Å². The average Bonchev–Trinajstić information content (AvgIpc) is 2.49. The molecular formula is C20H20. The summed E-state index contributed by atoms with van der Waals surface area (Å²) in [6.07, 6.45) is 6.29. The molecule has 0 bridgehead atoms. The first-order valence-electron chi connectivity index (χ1n) is 6.94. The minimum Gasteiger partial charge on any atom is -0.0877 e. The topological polar surface area (TPSA) is 0 Å². The van der Waals surface area contributed by atoms with Crippen LogP contribution in [0.5, 0.6) is 0 Å². The van der Waals surface area contributed by atoms with E-state index < -0.39 is 0 Å². The second-order valence-corrected chi connectivity index (χ2v) is 4.67. The normalized spacial score (nSPS) is 11.6. The summed E-state index contributed by atoms with van der Waals surface area (Å²) in [5.41, 5.74) is 2.52. The van der Waals surface area contributed by atoms with Crippen molar-refractivity contribution in [2.75, 3.05) is 0 Å². The lowest BCUT2D eigenvalue weighted by Crippen LogP contribution is -1.80. The van der Waals surface area contributed by atoms with Crippen LogP contribution in [0.2, 0.25) is 0 Å². The monoisotopic (exact) mass is 260 g/mol. The molecule has 0 fully saturated rings. The zero-order chi connectivity index (χ0) is 14.2. The highest BCUT2D eigenvalue weighted by Gasteiger charge is 1.98. The number of hydrogen-bond acceptors (Lipinski definition) is 0. The standard InChI is InChI=1S/C20H20/c1-3-4-12-17(2)19-15-9-7-5-6-8-13-18-14-10-11-16-20(18)19/h3-16H,1-2H3. The number of allylic oxidation sites excluding steroid dienone is 4. The highest BCUT2D eigenvalue weighted by atomic mass is 14.0. The molecule has 0 aliphatic rings. The van der Waals surface area contributed by atoms with Crippen LogP contribution in [-0.2, 0) is 0 Å². The lowest BCUT2D eigenvalue weighted by atomic mass is 10.0. The van der Waals surface area contributed by atoms with E-state index in [-0.39, 0.29) is 0 Å². The van der Waals surface area contributed by atoms with Gasteiger partial charge in [0.15, 0.2) is 0 Å². The summed E-state index contributed by atoms with van der Waals surface area (Å²) in [7, 11) is 0. The summed E-state index contributed by atoms with van der Waals surface area (Å²) >= 11 is 0.